The lowest BCUT2D eigenvalue weighted by Gasteiger charge is -2.34. The summed E-state index contributed by atoms with van der Waals surface area (Å²) in [7, 11) is 1.61. The van der Waals surface area contributed by atoms with E-state index in [1.165, 1.54) is 16.9 Å². The van der Waals surface area contributed by atoms with E-state index in [-0.39, 0.29) is 11.8 Å². The lowest BCUT2D eigenvalue weighted by Crippen LogP contribution is -2.50. The third-order valence-corrected chi connectivity index (χ3v) is 6.96. The summed E-state index contributed by atoms with van der Waals surface area (Å²) in [6.07, 6.45) is 3.40. The topological polar surface area (TPSA) is 49.9 Å². The van der Waals surface area contributed by atoms with Gasteiger partial charge in [0.2, 0.25) is 0 Å². The van der Waals surface area contributed by atoms with Gasteiger partial charge in [-0.15, -0.1) is 11.3 Å². The molecule has 0 radical (unpaired) electrons. The number of methoxy groups -OCH3 is 1. The van der Waals surface area contributed by atoms with E-state index in [0.29, 0.717) is 37.7 Å². The van der Waals surface area contributed by atoms with Crippen LogP contribution >= 0.6 is 11.3 Å². The fraction of sp³-hybridized carbons (Fsp3) is 0.455. The Morgan fingerprint density at radius 2 is 1.68 bits per heavy atom. The molecule has 0 spiro atoms. The number of hydrogen-bond donors (Lipinski definition) is 0. The molecule has 2 heterocycles. The van der Waals surface area contributed by atoms with Crippen molar-refractivity contribution >= 4 is 23.2 Å². The SMILES string of the molecule is COc1ccc(C(=O)N2CCN(C(=O)c3cc4c(s3)CC[C@H](C)C4)CC2)cc1. The summed E-state index contributed by atoms with van der Waals surface area (Å²) in [6, 6.07) is 9.28. The van der Waals surface area contributed by atoms with Crippen molar-refractivity contribution in [2.75, 3.05) is 33.3 Å². The maximum Gasteiger partial charge on any atom is 0.264 e. The second-order valence-electron chi connectivity index (χ2n) is 7.72. The third-order valence-electron chi connectivity index (χ3n) is 5.73. The van der Waals surface area contributed by atoms with Crippen LogP contribution < -0.4 is 4.74 Å². The van der Waals surface area contributed by atoms with Gasteiger partial charge in [0.05, 0.1) is 12.0 Å². The first-order valence-corrected chi connectivity index (χ1v) is 10.7. The van der Waals surface area contributed by atoms with Crippen LogP contribution in [0, 0.1) is 5.92 Å². The van der Waals surface area contributed by atoms with Crippen LogP contribution in [0.5, 0.6) is 5.75 Å². The Morgan fingerprint density at radius 1 is 1.04 bits per heavy atom. The van der Waals surface area contributed by atoms with Crippen LogP contribution in [0.4, 0.5) is 0 Å². The van der Waals surface area contributed by atoms with Crippen LogP contribution in [0.2, 0.25) is 0 Å². The summed E-state index contributed by atoms with van der Waals surface area (Å²) in [5, 5.41) is 0. The highest BCUT2D eigenvalue weighted by molar-refractivity contribution is 7.14. The molecule has 0 saturated carbocycles. The fourth-order valence-corrected chi connectivity index (χ4v) is 5.17. The predicted octanol–water partition coefficient (Wildman–Crippen LogP) is 3.48. The van der Waals surface area contributed by atoms with Crippen LogP contribution in [0.25, 0.3) is 0 Å². The summed E-state index contributed by atoms with van der Waals surface area (Å²) in [4.78, 5) is 31.6. The molecule has 2 aliphatic rings. The van der Waals surface area contributed by atoms with Crippen molar-refractivity contribution in [2.45, 2.75) is 26.2 Å². The molecular formula is C22H26N2O3S. The summed E-state index contributed by atoms with van der Waals surface area (Å²) in [6.45, 7) is 4.58. The predicted molar refractivity (Wildman–Crippen MR) is 110 cm³/mol. The van der Waals surface area contributed by atoms with E-state index in [0.717, 1.165) is 23.5 Å². The number of carbonyl (C=O) groups excluding carboxylic acids is 2. The Morgan fingerprint density at radius 3 is 2.32 bits per heavy atom. The number of fused-ring (bicyclic) bond motifs is 1. The molecule has 1 atom stereocenters. The van der Waals surface area contributed by atoms with Crippen molar-refractivity contribution in [3.63, 3.8) is 0 Å². The molecule has 1 fully saturated rings. The number of carbonyl (C=O) groups is 2. The van der Waals surface area contributed by atoms with Crippen LogP contribution in [0.15, 0.2) is 30.3 Å². The Kier molecular flexibility index (Phi) is 5.40. The Balaban J connectivity index is 1.37. The van der Waals surface area contributed by atoms with E-state index in [2.05, 4.69) is 13.0 Å². The molecule has 5 nitrogen and oxygen atoms in total. The van der Waals surface area contributed by atoms with Gasteiger partial charge in [0, 0.05) is 36.6 Å². The molecule has 1 aliphatic heterocycles. The Labute approximate surface area is 169 Å². The number of ether oxygens (including phenoxy) is 1. The molecule has 4 rings (SSSR count). The fourth-order valence-electron chi connectivity index (χ4n) is 4.00. The quantitative estimate of drug-likeness (QED) is 0.795. The Bertz CT molecular complexity index is 866. The van der Waals surface area contributed by atoms with Crippen LogP contribution in [0.1, 0.15) is 43.8 Å². The van der Waals surface area contributed by atoms with E-state index < -0.39 is 0 Å². The minimum absolute atomic E-state index is 0.00956. The highest BCUT2D eigenvalue weighted by atomic mass is 32.1. The number of piperazine rings is 1. The summed E-state index contributed by atoms with van der Waals surface area (Å²) in [5.74, 6) is 1.57. The van der Waals surface area contributed by atoms with Gasteiger partial charge in [-0.3, -0.25) is 9.59 Å². The molecule has 1 aromatic heterocycles. The zero-order chi connectivity index (χ0) is 19.7. The monoisotopic (exact) mass is 398 g/mol. The maximum absolute atomic E-state index is 12.9. The zero-order valence-electron chi connectivity index (χ0n) is 16.4. The van der Waals surface area contributed by atoms with Crippen molar-refractivity contribution in [3.8, 4) is 5.75 Å². The van der Waals surface area contributed by atoms with Gasteiger partial charge in [0.1, 0.15) is 5.75 Å². The van der Waals surface area contributed by atoms with E-state index in [4.69, 9.17) is 4.74 Å². The molecule has 6 heteroatoms. The number of benzene rings is 1. The smallest absolute Gasteiger partial charge is 0.264 e. The summed E-state index contributed by atoms with van der Waals surface area (Å²) < 4.78 is 5.14. The lowest BCUT2D eigenvalue weighted by molar-refractivity contribution is 0.0538. The van der Waals surface area contributed by atoms with Gasteiger partial charge in [0.25, 0.3) is 11.8 Å². The zero-order valence-corrected chi connectivity index (χ0v) is 17.3. The highest BCUT2D eigenvalue weighted by Crippen LogP contribution is 2.32. The van der Waals surface area contributed by atoms with Crippen molar-refractivity contribution in [1.29, 1.82) is 0 Å². The van der Waals surface area contributed by atoms with Gasteiger partial charge in [-0.1, -0.05) is 6.92 Å². The normalized spacial score (nSPS) is 19.3. The highest BCUT2D eigenvalue weighted by Gasteiger charge is 2.28. The first kappa shape index (κ1) is 19.0. The number of thiophene rings is 1. The van der Waals surface area contributed by atoms with Crippen molar-refractivity contribution in [2.24, 2.45) is 5.92 Å². The minimum atomic E-state index is 0.00956. The number of aryl methyl sites for hydroxylation is 1. The average molecular weight is 399 g/mol. The van der Waals surface area contributed by atoms with Crippen molar-refractivity contribution in [1.82, 2.24) is 9.80 Å². The molecule has 1 saturated heterocycles. The van der Waals surface area contributed by atoms with Gasteiger partial charge >= 0.3 is 0 Å². The third kappa shape index (κ3) is 3.78. The molecule has 2 amide bonds. The van der Waals surface area contributed by atoms with Gasteiger partial charge < -0.3 is 14.5 Å². The molecule has 1 aromatic carbocycles. The number of hydrogen-bond acceptors (Lipinski definition) is 4. The molecule has 0 unspecified atom stereocenters. The van der Waals surface area contributed by atoms with Crippen molar-refractivity contribution < 1.29 is 14.3 Å². The van der Waals surface area contributed by atoms with E-state index in [1.807, 2.05) is 9.80 Å². The van der Waals surface area contributed by atoms with Gasteiger partial charge in [-0.05, 0) is 61.1 Å². The minimum Gasteiger partial charge on any atom is -0.497 e. The number of nitrogens with zero attached hydrogens (tertiary/aromatic N) is 2. The Hall–Kier alpha value is -2.34. The van der Waals surface area contributed by atoms with Crippen molar-refractivity contribution in [3.05, 3.63) is 51.2 Å². The largest absolute Gasteiger partial charge is 0.497 e. The maximum atomic E-state index is 12.9. The number of rotatable bonds is 3. The molecule has 148 valence electrons. The molecule has 28 heavy (non-hydrogen) atoms. The first-order chi connectivity index (χ1) is 13.5. The van der Waals surface area contributed by atoms with Gasteiger partial charge in [0.15, 0.2) is 0 Å². The molecule has 0 N–H and O–H groups in total. The summed E-state index contributed by atoms with van der Waals surface area (Å²) in [5.41, 5.74) is 2.01. The molecule has 1 aliphatic carbocycles. The van der Waals surface area contributed by atoms with Gasteiger partial charge in [-0.25, -0.2) is 0 Å². The molecule has 2 aromatic rings. The summed E-state index contributed by atoms with van der Waals surface area (Å²) >= 11 is 1.66. The standard InChI is InChI=1S/C22H26N2O3S/c1-15-3-8-19-17(13-15)14-20(28-19)22(26)24-11-9-23(10-12-24)21(25)16-4-6-18(27-2)7-5-16/h4-7,14-15H,3,8-13H2,1-2H3/t15-/m0/s1. The average Bonchev–Trinajstić information content (AvgIpc) is 3.16. The van der Waals surface area contributed by atoms with E-state index in [9.17, 15) is 9.59 Å². The van der Waals surface area contributed by atoms with E-state index in [1.54, 1.807) is 42.7 Å². The van der Waals surface area contributed by atoms with E-state index >= 15 is 0 Å². The second kappa shape index (κ2) is 7.95. The van der Waals surface area contributed by atoms with Crippen LogP contribution in [0.3, 0.4) is 0 Å². The molecule has 0 bridgehead atoms. The second-order valence-corrected chi connectivity index (χ2v) is 8.86. The molecular weight excluding hydrogens is 372 g/mol. The number of amides is 2. The van der Waals surface area contributed by atoms with Crippen LogP contribution in [-0.2, 0) is 12.8 Å². The van der Waals surface area contributed by atoms with Crippen LogP contribution in [-0.4, -0.2) is 54.9 Å². The first-order valence-electron chi connectivity index (χ1n) is 9.89. The lowest BCUT2D eigenvalue weighted by atomic mass is 9.90. The van der Waals surface area contributed by atoms with Gasteiger partial charge in [-0.2, -0.15) is 0 Å².